The normalized spacial score (nSPS) is 9.67. The summed E-state index contributed by atoms with van der Waals surface area (Å²) < 4.78 is 0. The van der Waals surface area contributed by atoms with Gasteiger partial charge in [0.15, 0.2) is 0 Å². The van der Waals surface area contributed by atoms with E-state index in [-0.39, 0.29) is 12.5 Å². The molecule has 0 radical (unpaired) electrons. The van der Waals surface area contributed by atoms with Crippen molar-refractivity contribution in [2.75, 3.05) is 11.9 Å². The molecule has 0 saturated carbocycles. The van der Waals surface area contributed by atoms with Crippen molar-refractivity contribution >= 4 is 23.2 Å². The molecule has 0 spiro atoms. The monoisotopic (exact) mass is 299 g/mol. The van der Waals surface area contributed by atoms with E-state index < -0.39 is 0 Å². The Morgan fingerprint density at radius 3 is 2.81 bits per heavy atom. The summed E-state index contributed by atoms with van der Waals surface area (Å²) in [5.74, 6) is 5.25. The number of benzene rings is 1. The fourth-order valence-electron chi connectivity index (χ4n) is 1.66. The first-order valence-electron chi connectivity index (χ1n) is 6.32. The van der Waals surface area contributed by atoms with Crippen LogP contribution in [0.1, 0.15) is 21.6 Å². The molecule has 106 valence electrons. The lowest BCUT2D eigenvalue weighted by molar-refractivity contribution is 0.102. The number of anilines is 1. The van der Waals surface area contributed by atoms with E-state index in [2.05, 4.69) is 22.1 Å². The third-order valence-electron chi connectivity index (χ3n) is 2.70. The predicted molar refractivity (Wildman–Crippen MR) is 84.3 cm³/mol. The molecule has 0 bridgehead atoms. The minimum Gasteiger partial charge on any atom is -0.320 e. The van der Waals surface area contributed by atoms with Crippen LogP contribution in [0.5, 0.6) is 0 Å². The van der Waals surface area contributed by atoms with Crippen molar-refractivity contribution < 1.29 is 4.79 Å². The summed E-state index contributed by atoms with van der Waals surface area (Å²) in [5, 5.41) is 3.22. The van der Waals surface area contributed by atoms with Crippen LogP contribution >= 0.6 is 11.6 Å². The summed E-state index contributed by atoms with van der Waals surface area (Å²) >= 11 is 6.08. The molecule has 0 aliphatic heterocycles. The number of aromatic nitrogens is 1. The number of amides is 1. The highest BCUT2D eigenvalue weighted by Gasteiger charge is 2.09. The third kappa shape index (κ3) is 4.06. The van der Waals surface area contributed by atoms with Crippen LogP contribution in [-0.4, -0.2) is 17.4 Å². The van der Waals surface area contributed by atoms with Gasteiger partial charge in [0.1, 0.15) is 5.69 Å². The lowest BCUT2D eigenvalue weighted by Gasteiger charge is -2.07. The smallest absolute Gasteiger partial charge is 0.274 e. The highest BCUT2D eigenvalue weighted by atomic mass is 35.5. The van der Waals surface area contributed by atoms with E-state index in [0.29, 0.717) is 22.0 Å². The number of halogens is 1. The maximum atomic E-state index is 12.1. The highest BCUT2D eigenvalue weighted by Crippen LogP contribution is 2.23. The van der Waals surface area contributed by atoms with Crippen molar-refractivity contribution in [2.45, 2.75) is 6.92 Å². The number of aryl methyl sites for hydroxylation is 1. The number of carbonyl (C=O) groups excluding carboxylic acids is 1. The second kappa shape index (κ2) is 6.89. The Kier molecular flexibility index (Phi) is 4.94. The second-order valence-corrected chi connectivity index (χ2v) is 4.78. The molecule has 0 unspecified atom stereocenters. The standard InChI is InChI=1S/C16H14ClN3O/c1-11-4-6-14(13(17)9-11)20-16(21)15-7-5-12(10-19-15)3-2-8-18/h4-7,9-10H,8,18H2,1H3,(H,20,21). The first-order chi connectivity index (χ1) is 10.1. The van der Waals surface area contributed by atoms with E-state index in [9.17, 15) is 4.79 Å². The fraction of sp³-hybridized carbons (Fsp3) is 0.125. The Morgan fingerprint density at radius 2 is 2.19 bits per heavy atom. The molecule has 2 aromatic rings. The summed E-state index contributed by atoms with van der Waals surface area (Å²) in [7, 11) is 0. The molecule has 4 nitrogen and oxygen atoms in total. The van der Waals surface area contributed by atoms with Gasteiger partial charge in [-0.25, -0.2) is 4.98 Å². The number of carbonyl (C=O) groups is 1. The number of nitrogens with two attached hydrogens (primary N) is 1. The first kappa shape index (κ1) is 15.0. The average molecular weight is 300 g/mol. The minimum atomic E-state index is -0.320. The third-order valence-corrected chi connectivity index (χ3v) is 3.02. The van der Waals surface area contributed by atoms with Crippen LogP contribution in [0.15, 0.2) is 36.5 Å². The number of hydrogen-bond donors (Lipinski definition) is 2. The van der Waals surface area contributed by atoms with Crippen molar-refractivity contribution in [3.8, 4) is 11.8 Å². The van der Waals surface area contributed by atoms with Crippen molar-refractivity contribution in [3.63, 3.8) is 0 Å². The zero-order valence-electron chi connectivity index (χ0n) is 11.5. The first-order valence-corrected chi connectivity index (χ1v) is 6.70. The van der Waals surface area contributed by atoms with Gasteiger partial charge in [-0.3, -0.25) is 4.79 Å². The molecule has 2 rings (SSSR count). The minimum absolute atomic E-state index is 0.286. The van der Waals surface area contributed by atoms with Gasteiger partial charge in [-0.15, -0.1) is 0 Å². The van der Waals surface area contributed by atoms with Gasteiger partial charge in [-0.05, 0) is 36.8 Å². The summed E-state index contributed by atoms with van der Waals surface area (Å²) in [6.45, 7) is 2.22. The molecule has 5 heteroatoms. The highest BCUT2D eigenvalue weighted by molar-refractivity contribution is 6.34. The Bertz CT molecular complexity index is 715. The van der Waals surface area contributed by atoms with Crippen LogP contribution in [0.4, 0.5) is 5.69 Å². The number of hydrogen-bond acceptors (Lipinski definition) is 3. The largest absolute Gasteiger partial charge is 0.320 e. The van der Waals surface area contributed by atoms with Crippen LogP contribution in [-0.2, 0) is 0 Å². The van der Waals surface area contributed by atoms with Crippen molar-refractivity contribution in [1.82, 2.24) is 4.98 Å². The summed E-state index contributed by atoms with van der Waals surface area (Å²) in [6.07, 6.45) is 1.54. The average Bonchev–Trinajstić information content (AvgIpc) is 2.48. The predicted octanol–water partition coefficient (Wildman–Crippen LogP) is 2.61. The molecule has 0 fully saturated rings. The quantitative estimate of drug-likeness (QED) is 0.838. The summed E-state index contributed by atoms with van der Waals surface area (Å²) in [4.78, 5) is 16.2. The van der Waals surface area contributed by atoms with Gasteiger partial charge >= 0.3 is 0 Å². The van der Waals surface area contributed by atoms with Crippen molar-refractivity contribution in [2.24, 2.45) is 5.73 Å². The van der Waals surface area contributed by atoms with E-state index >= 15 is 0 Å². The molecule has 1 aromatic heterocycles. The second-order valence-electron chi connectivity index (χ2n) is 4.38. The van der Waals surface area contributed by atoms with E-state index in [1.54, 1.807) is 24.3 Å². The fourth-order valence-corrected chi connectivity index (χ4v) is 1.95. The molecule has 0 aliphatic carbocycles. The van der Waals surface area contributed by atoms with Gasteiger partial charge in [0, 0.05) is 11.8 Å². The SMILES string of the molecule is Cc1ccc(NC(=O)c2ccc(C#CCN)cn2)c(Cl)c1. The van der Waals surface area contributed by atoms with E-state index in [1.165, 1.54) is 6.20 Å². The van der Waals surface area contributed by atoms with Gasteiger partial charge in [0.05, 0.1) is 17.3 Å². The van der Waals surface area contributed by atoms with E-state index in [4.69, 9.17) is 17.3 Å². The van der Waals surface area contributed by atoms with Crippen LogP contribution in [0, 0.1) is 18.8 Å². The van der Waals surface area contributed by atoms with Gasteiger partial charge in [-0.2, -0.15) is 0 Å². The number of pyridine rings is 1. The Hall–Kier alpha value is -2.35. The maximum Gasteiger partial charge on any atom is 0.274 e. The zero-order chi connectivity index (χ0) is 15.2. The summed E-state index contributed by atoms with van der Waals surface area (Å²) in [5.41, 5.74) is 7.89. The molecule has 0 atom stereocenters. The van der Waals surface area contributed by atoms with Gasteiger partial charge in [-0.1, -0.05) is 29.5 Å². The van der Waals surface area contributed by atoms with E-state index in [0.717, 1.165) is 5.56 Å². The van der Waals surface area contributed by atoms with Crippen LogP contribution in [0.2, 0.25) is 5.02 Å². The van der Waals surface area contributed by atoms with Gasteiger partial charge in [0.2, 0.25) is 0 Å². The zero-order valence-corrected chi connectivity index (χ0v) is 12.2. The molecule has 1 aromatic carbocycles. The van der Waals surface area contributed by atoms with Crippen LogP contribution < -0.4 is 11.1 Å². The van der Waals surface area contributed by atoms with Crippen molar-refractivity contribution in [3.05, 3.63) is 58.4 Å². The lowest BCUT2D eigenvalue weighted by atomic mass is 10.2. The van der Waals surface area contributed by atoms with Crippen LogP contribution in [0.3, 0.4) is 0 Å². The molecule has 0 saturated heterocycles. The van der Waals surface area contributed by atoms with Crippen LogP contribution in [0.25, 0.3) is 0 Å². The Labute approximate surface area is 128 Å². The topological polar surface area (TPSA) is 68.0 Å². The molecule has 1 heterocycles. The summed E-state index contributed by atoms with van der Waals surface area (Å²) in [6, 6.07) is 8.76. The number of rotatable bonds is 2. The lowest BCUT2D eigenvalue weighted by Crippen LogP contribution is -2.13. The van der Waals surface area contributed by atoms with E-state index in [1.807, 2.05) is 13.0 Å². The molecular formula is C16H14ClN3O. The Balaban J connectivity index is 2.13. The Morgan fingerprint density at radius 1 is 1.38 bits per heavy atom. The number of nitrogens with one attached hydrogen (secondary N) is 1. The molecule has 3 N–H and O–H groups in total. The molecule has 21 heavy (non-hydrogen) atoms. The van der Waals surface area contributed by atoms with Gasteiger partial charge in [0.25, 0.3) is 5.91 Å². The molecular weight excluding hydrogens is 286 g/mol. The van der Waals surface area contributed by atoms with Crippen molar-refractivity contribution in [1.29, 1.82) is 0 Å². The molecule has 0 aliphatic rings. The van der Waals surface area contributed by atoms with Gasteiger partial charge < -0.3 is 11.1 Å². The molecule has 1 amide bonds. The maximum absolute atomic E-state index is 12.1. The number of nitrogens with zero attached hydrogens (tertiary/aromatic N) is 1.